The van der Waals surface area contributed by atoms with E-state index in [0.717, 1.165) is 18.6 Å². The summed E-state index contributed by atoms with van der Waals surface area (Å²) in [7, 11) is 0. The van der Waals surface area contributed by atoms with Gasteiger partial charge in [0.1, 0.15) is 0 Å². The van der Waals surface area contributed by atoms with E-state index in [9.17, 15) is 0 Å². The van der Waals surface area contributed by atoms with E-state index in [2.05, 4.69) is 47.2 Å². The first kappa shape index (κ1) is 13.2. The van der Waals surface area contributed by atoms with Crippen LogP contribution in [-0.4, -0.2) is 11.8 Å². The van der Waals surface area contributed by atoms with Gasteiger partial charge in [-0.25, -0.2) is 0 Å². The summed E-state index contributed by atoms with van der Waals surface area (Å²) in [5, 5.41) is 2.14. The zero-order chi connectivity index (χ0) is 13.1. The Hall–Kier alpha value is -0.810. The third-order valence-electron chi connectivity index (χ3n) is 3.72. The minimum atomic E-state index is 0.359. The highest BCUT2D eigenvalue weighted by atomic mass is 32.2. The second-order valence-corrected chi connectivity index (χ2v) is 6.94. The zero-order valence-corrected chi connectivity index (χ0v) is 12.3. The summed E-state index contributed by atoms with van der Waals surface area (Å²) in [4.78, 5) is 2.86. The number of aryl methyl sites for hydroxylation is 1. The van der Waals surface area contributed by atoms with Crippen molar-refractivity contribution >= 4 is 23.1 Å². The lowest BCUT2D eigenvalue weighted by Gasteiger charge is -2.23. The maximum Gasteiger partial charge on any atom is 0.0291 e. The van der Waals surface area contributed by atoms with Gasteiger partial charge in [-0.05, 0) is 35.9 Å². The van der Waals surface area contributed by atoms with Crippen LogP contribution < -0.4 is 11.3 Å². The van der Waals surface area contributed by atoms with Crippen molar-refractivity contribution in [2.45, 2.75) is 29.7 Å². The Morgan fingerprint density at radius 1 is 1.26 bits per heavy atom. The minimum Gasteiger partial charge on any atom is -0.271 e. The number of thiophene rings is 1. The van der Waals surface area contributed by atoms with Crippen LogP contribution in [0.1, 0.15) is 22.8 Å². The van der Waals surface area contributed by atoms with E-state index in [-0.39, 0.29) is 0 Å². The fourth-order valence-corrected chi connectivity index (χ4v) is 4.73. The molecule has 1 aromatic carbocycles. The van der Waals surface area contributed by atoms with E-state index in [1.165, 1.54) is 15.3 Å². The molecule has 2 atom stereocenters. The number of hydrogen-bond acceptors (Lipinski definition) is 4. The van der Waals surface area contributed by atoms with Crippen LogP contribution in [0.4, 0.5) is 0 Å². The summed E-state index contributed by atoms with van der Waals surface area (Å²) in [5.74, 6) is 7.46. The van der Waals surface area contributed by atoms with E-state index in [0.29, 0.717) is 12.0 Å². The van der Waals surface area contributed by atoms with Gasteiger partial charge in [-0.3, -0.25) is 11.3 Å². The van der Waals surface area contributed by atoms with Gasteiger partial charge in [0.15, 0.2) is 0 Å². The molecule has 19 heavy (non-hydrogen) atoms. The SMILES string of the molecule is NNC(CCc1cccs1)C1CSc2ccccc21. The molecule has 0 saturated carbocycles. The Morgan fingerprint density at radius 2 is 2.16 bits per heavy atom. The van der Waals surface area contributed by atoms with Crippen LogP contribution in [0.5, 0.6) is 0 Å². The minimum absolute atomic E-state index is 0.359. The first-order valence-electron chi connectivity index (χ1n) is 6.58. The van der Waals surface area contributed by atoms with Crippen molar-refractivity contribution in [1.29, 1.82) is 0 Å². The smallest absolute Gasteiger partial charge is 0.0291 e. The zero-order valence-electron chi connectivity index (χ0n) is 10.7. The predicted octanol–water partition coefficient (Wildman–Crippen LogP) is 3.40. The lowest BCUT2D eigenvalue weighted by Crippen LogP contribution is -2.40. The third-order valence-corrected chi connectivity index (χ3v) is 5.86. The standard InChI is InChI=1S/C15H18N2S2/c16-17-14(8-7-11-4-3-9-18-11)13-10-19-15-6-2-1-5-12(13)15/h1-6,9,13-14,17H,7-8,10,16H2. The highest BCUT2D eigenvalue weighted by Gasteiger charge is 2.29. The Bertz CT molecular complexity index is 525. The number of rotatable bonds is 5. The van der Waals surface area contributed by atoms with Gasteiger partial charge < -0.3 is 0 Å². The van der Waals surface area contributed by atoms with Crippen LogP contribution >= 0.6 is 23.1 Å². The molecule has 1 aromatic heterocycles. The number of hydrogen-bond donors (Lipinski definition) is 2. The summed E-state index contributed by atoms with van der Waals surface area (Å²) in [5.41, 5.74) is 4.50. The third kappa shape index (κ3) is 2.87. The molecule has 0 amide bonds. The van der Waals surface area contributed by atoms with E-state index in [1.807, 2.05) is 23.1 Å². The monoisotopic (exact) mass is 290 g/mol. The summed E-state index contributed by atoms with van der Waals surface area (Å²) < 4.78 is 0. The number of nitrogens with one attached hydrogen (secondary N) is 1. The highest BCUT2D eigenvalue weighted by Crippen LogP contribution is 2.41. The van der Waals surface area contributed by atoms with E-state index in [1.54, 1.807) is 0 Å². The molecule has 4 heteroatoms. The van der Waals surface area contributed by atoms with Crippen LogP contribution in [-0.2, 0) is 6.42 Å². The molecular weight excluding hydrogens is 272 g/mol. The Balaban J connectivity index is 1.69. The van der Waals surface area contributed by atoms with Gasteiger partial charge in [0.2, 0.25) is 0 Å². The van der Waals surface area contributed by atoms with Crippen molar-refractivity contribution in [2.24, 2.45) is 5.84 Å². The highest BCUT2D eigenvalue weighted by molar-refractivity contribution is 7.99. The van der Waals surface area contributed by atoms with Crippen LogP contribution in [0, 0.1) is 0 Å². The molecule has 3 N–H and O–H groups in total. The molecular formula is C15H18N2S2. The molecule has 0 spiro atoms. The topological polar surface area (TPSA) is 38.0 Å². The van der Waals surface area contributed by atoms with Gasteiger partial charge >= 0.3 is 0 Å². The average Bonchev–Trinajstić information content (AvgIpc) is 3.09. The number of benzene rings is 1. The van der Waals surface area contributed by atoms with Crippen molar-refractivity contribution in [1.82, 2.24) is 5.43 Å². The van der Waals surface area contributed by atoms with E-state index in [4.69, 9.17) is 5.84 Å². The van der Waals surface area contributed by atoms with E-state index >= 15 is 0 Å². The fraction of sp³-hybridized carbons (Fsp3) is 0.333. The van der Waals surface area contributed by atoms with Gasteiger partial charge in [-0.2, -0.15) is 0 Å². The number of nitrogens with two attached hydrogens (primary N) is 1. The number of thioether (sulfide) groups is 1. The first-order valence-corrected chi connectivity index (χ1v) is 8.45. The van der Waals surface area contributed by atoms with Crippen LogP contribution in [0.3, 0.4) is 0 Å². The lowest BCUT2D eigenvalue weighted by atomic mass is 9.91. The summed E-state index contributed by atoms with van der Waals surface area (Å²) in [6, 6.07) is 13.4. The molecule has 1 aliphatic rings. The second kappa shape index (κ2) is 6.09. The van der Waals surface area contributed by atoms with Crippen LogP contribution in [0.15, 0.2) is 46.7 Å². The molecule has 2 nitrogen and oxygen atoms in total. The van der Waals surface area contributed by atoms with E-state index < -0.39 is 0 Å². The lowest BCUT2D eigenvalue weighted by molar-refractivity contribution is 0.439. The molecule has 3 rings (SSSR count). The molecule has 0 saturated heterocycles. The quantitative estimate of drug-likeness (QED) is 0.655. The number of fused-ring (bicyclic) bond motifs is 1. The molecule has 100 valence electrons. The molecule has 1 aliphatic heterocycles. The molecule has 2 unspecified atom stereocenters. The van der Waals surface area contributed by atoms with Crippen molar-refractivity contribution in [2.75, 3.05) is 5.75 Å². The van der Waals surface area contributed by atoms with Crippen molar-refractivity contribution in [3.05, 3.63) is 52.2 Å². The molecule has 0 radical (unpaired) electrons. The van der Waals surface area contributed by atoms with Crippen molar-refractivity contribution in [3.63, 3.8) is 0 Å². The molecule has 0 aliphatic carbocycles. The Kier molecular flexibility index (Phi) is 4.23. The number of hydrazine groups is 1. The largest absolute Gasteiger partial charge is 0.271 e. The van der Waals surface area contributed by atoms with Gasteiger partial charge in [-0.1, -0.05) is 24.3 Å². The fourth-order valence-electron chi connectivity index (χ4n) is 2.67. The molecule has 2 aromatic rings. The maximum atomic E-state index is 5.79. The van der Waals surface area contributed by atoms with Gasteiger partial charge in [0.05, 0.1) is 0 Å². The average molecular weight is 290 g/mol. The van der Waals surface area contributed by atoms with Crippen molar-refractivity contribution < 1.29 is 0 Å². The Labute approximate surface area is 122 Å². The van der Waals surface area contributed by atoms with Gasteiger partial charge in [0.25, 0.3) is 0 Å². The molecule has 0 bridgehead atoms. The molecule has 0 fully saturated rings. The summed E-state index contributed by atoms with van der Waals surface area (Å²) in [6.45, 7) is 0. The van der Waals surface area contributed by atoms with Crippen LogP contribution in [0.2, 0.25) is 0 Å². The Morgan fingerprint density at radius 3 is 2.95 bits per heavy atom. The normalized spacial score (nSPS) is 19.3. The summed E-state index contributed by atoms with van der Waals surface area (Å²) >= 11 is 3.78. The molecule has 2 heterocycles. The second-order valence-electron chi connectivity index (χ2n) is 4.85. The van der Waals surface area contributed by atoms with Crippen molar-refractivity contribution in [3.8, 4) is 0 Å². The summed E-state index contributed by atoms with van der Waals surface area (Å²) in [6.07, 6.45) is 2.20. The predicted molar refractivity (Wildman–Crippen MR) is 83.7 cm³/mol. The van der Waals surface area contributed by atoms with Gasteiger partial charge in [0, 0.05) is 27.5 Å². The van der Waals surface area contributed by atoms with Crippen LogP contribution in [0.25, 0.3) is 0 Å². The van der Waals surface area contributed by atoms with Gasteiger partial charge in [-0.15, -0.1) is 23.1 Å². The maximum absolute atomic E-state index is 5.79. The first-order chi connectivity index (χ1) is 9.38.